The van der Waals surface area contributed by atoms with Gasteiger partial charge in [-0.25, -0.2) is 0 Å². The number of nitrogens with zero attached hydrogens (tertiary/aromatic N) is 1. The van der Waals surface area contributed by atoms with Gasteiger partial charge in [-0.15, -0.1) is 0 Å². The Kier molecular flexibility index (Phi) is 5.87. The lowest BCUT2D eigenvalue weighted by Gasteiger charge is -2.37. The van der Waals surface area contributed by atoms with Crippen molar-refractivity contribution < 1.29 is 5.11 Å². The highest BCUT2D eigenvalue weighted by atomic mass is 16.3. The van der Waals surface area contributed by atoms with Gasteiger partial charge >= 0.3 is 0 Å². The monoisotopic (exact) mass is 314 g/mol. The van der Waals surface area contributed by atoms with Crippen LogP contribution < -0.4 is 5.32 Å². The zero-order valence-electron chi connectivity index (χ0n) is 14.1. The fourth-order valence-electron chi connectivity index (χ4n) is 4.08. The molecule has 2 aliphatic rings. The lowest BCUT2D eigenvalue weighted by Crippen LogP contribution is -2.46. The number of nitrogens with one attached hydrogen (secondary N) is 1. The molecule has 0 bridgehead atoms. The van der Waals surface area contributed by atoms with Crippen LogP contribution in [0.25, 0.3) is 6.08 Å². The first-order chi connectivity index (χ1) is 11.3. The van der Waals surface area contributed by atoms with Gasteiger partial charge in [0, 0.05) is 32.7 Å². The van der Waals surface area contributed by atoms with Gasteiger partial charge in [0.15, 0.2) is 0 Å². The molecule has 1 aliphatic carbocycles. The zero-order valence-corrected chi connectivity index (χ0v) is 14.1. The third kappa shape index (κ3) is 4.43. The van der Waals surface area contributed by atoms with Crippen molar-refractivity contribution in [2.45, 2.75) is 37.7 Å². The van der Waals surface area contributed by atoms with E-state index in [1.165, 1.54) is 11.1 Å². The van der Waals surface area contributed by atoms with Crippen LogP contribution in [0.5, 0.6) is 0 Å². The Bertz CT molecular complexity index is 485. The summed E-state index contributed by atoms with van der Waals surface area (Å²) in [4.78, 5) is 2.60. The van der Waals surface area contributed by atoms with Crippen LogP contribution >= 0.6 is 0 Å². The highest BCUT2D eigenvalue weighted by Crippen LogP contribution is 2.37. The van der Waals surface area contributed by atoms with Crippen LogP contribution in [0.4, 0.5) is 0 Å². The van der Waals surface area contributed by atoms with Gasteiger partial charge in [0.1, 0.15) is 0 Å². The Hall–Kier alpha value is -1.16. The van der Waals surface area contributed by atoms with Gasteiger partial charge in [-0.05, 0) is 48.6 Å². The van der Waals surface area contributed by atoms with Crippen LogP contribution in [-0.4, -0.2) is 48.8 Å². The summed E-state index contributed by atoms with van der Waals surface area (Å²) in [5.41, 5.74) is 2.64. The molecule has 0 spiro atoms. The fraction of sp³-hybridized carbons (Fsp3) is 0.600. The standard InChI is InChI=1S/C20H30N2O/c1-2-16-3-5-17(6-4-16)20(15-22-13-11-21-12-14-22)18-7-9-19(23)10-8-18/h2-6,18-21,23H,1,7-15H2. The lowest BCUT2D eigenvalue weighted by atomic mass is 9.75. The molecule has 1 atom stereocenters. The van der Waals surface area contributed by atoms with Crippen molar-refractivity contribution in [3.05, 3.63) is 42.0 Å². The van der Waals surface area contributed by atoms with Crippen molar-refractivity contribution in [3.63, 3.8) is 0 Å². The maximum Gasteiger partial charge on any atom is 0.0540 e. The minimum absolute atomic E-state index is 0.0748. The zero-order chi connectivity index (χ0) is 16.1. The SMILES string of the molecule is C=Cc1ccc(C(CN2CCNCC2)C2CCC(O)CC2)cc1. The normalized spacial score (nSPS) is 27.5. The topological polar surface area (TPSA) is 35.5 Å². The largest absolute Gasteiger partial charge is 0.393 e. The second-order valence-corrected chi connectivity index (χ2v) is 7.10. The minimum Gasteiger partial charge on any atom is -0.393 e. The molecular weight excluding hydrogens is 284 g/mol. The first kappa shape index (κ1) is 16.7. The van der Waals surface area contributed by atoms with E-state index in [9.17, 15) is 5.11 Å². The second kappa shape index (κ2) is 8.09. The van der Waals surface area contributed by atoms with Crippen LogP contribution in [0.15, 0.2) is 30.8 Å². The van der Waals surface area contributed by atoms with Crippen LogP contribution in [0.3, 0.4) is 0 Å². The molecule has 1 heterocycles. The van der Waals surface area contributed by atoms with E-state index < -0.39 is 0 Å². The van der Waals surface area contributed by atoms with Gasteiger partial charge in [0.25, 0.3) is 0 Å². The number of aliphatic hydroxyl groups is 1. The lowest BCUT2D eigenvalue weighted by molar-refractivity contribution is 0.0932. The molecule has 1 saturated heterocycles. The van der Waals surface area contributed by atoms with E-state index in [2.05, 4.69) is 41.1 Å². The molecule has 126 valence electrons. The van der Waals surface area contributed by atoms with Crippen LogP contribution in [0.2, 0.25) is 0 Å². The summed E-state index contributed by atoms with van der Waals surface area (Å²) >= 11 is 0. The number of rotatable bonds is 5. The third-order valence-electron chi connectivity index (χ3n) is 5.58. The summed E-state index contributed by atoms with van der Waals surface area (Å²) < 4.78 is 0. The Morgan fingerprint density at radius 2 is 1.78 bits per heavy atom. The quantitative estimate of drug-likeness (QED) is 0.877. The third-order valence-corrected chi connectivity index (χ3v) is 5.58. The second-order valence-electron chi connectivity index (χ2n) is 7.10. The average molecular weight is 314 g/mol. The predicted octanol–water partition coefficient (Wildman–Crippen LogP) is 2.87. The number of benzene rings is 1. The van der Waals surface area contributed by atoms with E-state index in [-0.39, 0.29) is 6.10 Å². The summed E-state index contributed by atoms with van der Waals surface area (Å²) in [5.74, 6) is 1.28. The van der Waals surface area contributed by atoms with Crippen LogP contribution in [0, 0.1) is 5.92 Å². The Morgan fingerprint density at radius 3 is 2.39 bits per heavy atom. The van der Waals surface area contributed by atoms with E-state index in [0.717, 1.165) is 58.4 Å². The van der Waals surface area contributed by atoms with Gasteiger partial charge in [-0.3, -0.25) is 0 Å². The van der Waals surface area contributed by atoms with Crippen molar-refractivity contribution in [3.8, 4) is 0 Å². The van der Waals surface area contributed by atoms with Gasteiger partial charge in [-0.2, -0.15) is 0 Å². The van der Waals surface area contributed by atoms with E-state index in [1.807, 2.05) is 6.08 Å². The molecule has 1 aromatic carbocycles. The van der Waals surface area contributed by atoms with E-state index >= 15 is 0 Å². The molecule has 1 saturated carbocycles. The Labute approximate surface area is 140 Å². The molecule has 3 heteroatoms. The van der Waals surface area contributed by atoms with E-state index in [4.69, 9.17) is 0 Å². The molecule has 3 rings (SSSR count). The van der Waals surface area contributed by atoms with Crippen molar-refractivity contribution in [2.24, 2.45) is 5.92 Å². The molecule has 1 aliphatic heterocycles. The Balaban J connectivity index is 1.74. The van der Waals surface area contributed by atoms with Crippen molar-refractivity contribution >= 4 is 6.08 Å². The number of aliphatic hydroxyl groups excluding tert-OH is 1. The summed E-state index contributed by atoms with van der Waals surface area (Å²) in [6, 6.07) is 8.94. The first-order valence-electron chi connectivity index (χ1n) is 9.10. The molecule has 2 N–H and O–H groups in total. The summed E-state index contributed by atoms with van der Waals surface area (Å²) in [5, 5.41) is 13.3. The number of hydrogen-bond donors (Lipinski definition) is 2. The van der Waals surface area contributed by atoms with Gasteiger partial charge < -0.3 is 15.3 Å². The summed E-state index contributed by atoms with van der Waals surface area (Å²) in [7, 11) is 0. The molecule has 1 aromatic rings. The maximum atomic E-state index is 9.84. The predicted molar refractivity (Wildman–Crippen MR) is 96.5 cm³/mol. The molecule has 23 heavy (non-hydrogen) atoms. The van der Waals surface area contributed by atoms with Gasteiger partial charge in [-0.1, -0.05) is 36.9 Å². The summed E-state index contributed by atoms with van der Waals surface area (Å²) in [6.07, 6.45) is 6.07. The van der Waals surface area contributed by atoms with E-state index in [1.54, 1.807) is 0 Å². The average Bonchev–Trinajstić information content (AvgIpc) is 2.62. The van der Waals surface area contributed by atoms with Crippen molar-refractivity contribution in [1.29, 1.82) is 0 Å². The van der Waals surface area contributed by atoms with E-state index in [0.29, 0.717) is 11.8 Å². The van der Waals surface area contributed by atoms with Gasteiger partial charge in [0.2, 0.25) is 0 Å². The minimum atomic E-state index is -0.0748. The highest BCUT2D eigenvalue weighted by Gasteiger charge is 2.29. The van der Waals surface area contributed by atoms with Crippen LogP contribution in [-0.2, 0) is 0 Å². The highest BCUT2D eigenvalue weighted by molar-refractivity contribution is 5.47. The first-order valence-corrected chi connectivity index (χ1v) is 9.10. The molecule has 0 aromatic heterocycles. The molecule has 3 nitrogen and oxygen atoms in total. The Morgan fingerprint density at radius 1 is 1.13 bits per heavy atom. The van der Waals surface area contributed by atoms with Crippen molar-refractivity contribution in [2.75, 3.05) is 32.7 Å². The summed E-state index contributed by atoms with van der Waals surface area (Å²) in [6.45, 7) is 9.51. The maximum absolute atomic E-state index is 9.84. The number of hydrogen-bond acceptors (Lipinski definition) is 3. The molecule has 2 fully saturated rings. The fourth-order valence-corrected chi connectivity index (χ4v) is 4.08. The number of piperazine rings is 1. The molecule has 0 radical (unpaired) electrons. The smallest absolute Gasteiger partial charge is 0.0540 e. The molecular formula is C20H30N2O. The van der Waals surface area contributed by atoms with Crippen molar-refractivity contribution in [1.82, 2.24) is 10.2 Å². The molecule has 1 unspecified atom stereocenters. The van der Waals surface area contributed by atoms with Crippen LogP contribution in [0.1, 0.15) is 42.7 Å². The van der Waals surface area contributed by atoms with Gasteiger partial charge in [0.05, 0.1) is 6.10 Å². The molecule has 0 amide bonds.